The summed E-state index contributed by atoms with van der Waals surface area (Å²) in [5.41, 5.74) is 0. The molecular weight excluding hydrogens is 829 g/mol. The summed E-state index contributed by atoms with van der Waals surface area (Å²) in [6.45, 7) is 4.39. The molecule has 0 amide bonds. The third-order valence-electron chi connectivity index (χ3n) is 11.8. The molecule has 6 atom stereocenters. The molecule has 0 aromatic heterocycles. The van der Waals surface area contributed by atoms with Crippen molar-refractivity contribution in [3.05, 3.63) is 85.1 Å². The van der Waals surface area contributed by atoms with Gasteiger partial charge in [0.25, 0.3) is 0 Å². The Morgan fingerprint density at radius 2 is 0.909 bits per heavy atom. The lowest BCUT2D eigenvalue weighted by molar-refractivity contribution is -0.305. The summed E-state index contributed by atoms with van der Waals surface area (Å²) >= 11 is 0. The van der Waals surface area contributed by atoms with E-state index in [1.807, 2.05) is 0 Å². The van der Waals surface area contributed by atoms with Crippen molar-refractivity contribution < 1.29 is 44.2 Å². The summed E-state index contributed by atoms with van der Waals surface area (Å²) in [6.07, 6.45) is 57.7. The van der Waals surface area contributed by atoms with E-state index in [1.54, 1.807) is 0 Å². The number of allylic oxidation sites excluding steroid dienone is 14. The maximum atomic E-state index is 12.8. The van der Waals surface area contributed by atoms with Crippen LogP contribution in [-0.2, 0) is 23.7 Å². The second-order valence-electron chi connectivity index (χ2n) is 17.9. The molecule has 9 nitrogen and oxygen atoms in total. The van der Waals surface area contributed by atoms with Gasteiger partial charge in [-0.15, -0.1) is 0 Å². The molecule has 0 saturated carbocycles. The molecule has 1 aliphatic rings. The highest BCUT2D eigenvalue weighted by Crippen LogP contribution is 2.23. The number of carbonyl (C=O) groups excluding carboxylic acids is 1. The molecule has 1 fully saturated rings. The largest absolute Gasteiger partial charge is 0.457 e. The summed E-state index contributed by atoms with van der Waals surface area (Å²) in [4.78, 5) is 12.8. The SMILES string of the molecule is CC/C=C\C/C=C\C/C=C\C/C=C\C/C=C\C/C=C\C/C=C\CCCC(=O)OC(COCCCCCCCCCCCCCCCCCCCCCC)COC1OC(CO)C(O)C(O)C1O. The zero-order valence-electron chi connectivity index (χ0n) is 41.9. The lowest BCUT2D eigenvalue weighted by Gasteiger charge is -2.39. The van der Waals surface area contributed by atoms with Crippen molar-refractivity contribution in [1.82, 2.24) is 0 Å². The van der Waals surface area contributed by atoms with Crippen molar-refractivity contribution in [2.24, 2.45) is 0 Å². The van der Waals surface area contributed by atoms with Gasteiger partial charge in [0.05, 0.1) is 19.8 Å². The number of carbonyl (C=O) groups is 1. The van der Waals surface area contributed by atoms with Crippen LogP contribution in [0.4, 0.5) is 0 Å². The van der Waals surface area contributed by atoms with Crippen LogP contribution in [0.25, 0.3) is 0 Å². The minimum atomic E-state index is -1.55. The van der Waals surface area contributed by atoms with Crippen molar-refractivity contribution in [3.63, 3.8) is 0 Å². The van der Waals surface area contributed by atoms with Crippen LogP contribution < -0.4 is 0 Å². The highest BCUT2D eigenvalue weighted by molar-refractivity contribution is 5.69. The molecule has 0 aromatic carbocycles. The van der Waals surface area contributed by atoms with Gasteiger partial charge in [0, 0.05) is 13.0 Å². The van der Waals surface area contributed by atoms with Crippen LogP contribution in [0, 0.1) is 0 Å². The van der Waals surface area contributed by atoms with Gasteiger partial charge in [-0.2, -0.15) is 0 Å². The lowest BCUT2D eigenvalue weighted by Crippen LogP contribution is -2.59. The van der Waals surface area contributed by atoms with E-state index in [4.69, 9.17) is 18.9 Å². The molecule has 1 saturated heterocycles. The fourth-order valence-corrected chi connectivity index (χ4v) is 7.72. The van der Waals surface area contributed by atoms with Gasteiger partial charge in [0.1, 0.15) is 30.5 Å². The third kappa shape index (κ3) is 37.4. The topological polar surface area (TPSA) is 135 Å². The molecule has 0 radical (unpaired) electrons. The predicted octanol–water partition coefficient (Wildman–Crippen LogP) is 13.4. The number of esters is 1. The summed E-state index contributed by atoms with van der Waals surface area (Å²) < 4.78 is 22.9. The van der Waals surface area contributed by atoms with Crippen LogP contribution in [0.1, 0.15) is 206 Å². The lowest BCUT2D eigenvalue weighted by atomic mass is 9.99. The second kappa shape index (κ2) is 47.4. The highest BCUT2D eigenvalue weighted by atomic mass is 16.7. The Kier molecular flexibility index (Phi) is 44.1. The molecule has 1 aliphatic heterocycles. The van der Waals surface area contributed by atoms with E-state index in [9.17, 15) is 25.2 Å². The van der Waals surface area contributed by atoms with Crippen LogP contribution in [-0.4, -0.2) is 89.6 Å². The van der Waals surface area contributed by atoms with Crippen molar-refractivity contribution in [3.8, 4) is 0 Å². The maximum Gasteiger partial charge on any atom is 0.306 e. The predicted molar refractivity (Wildman–Crippen MR) is 274 cm³/mol. The molecular formula is C57H98O9. The Bertz CT molecular complexity index is 1280. The monoisotopic (exact) mass is 927 g/mol. The average Bonchev–Trinajstić information content (AvgIpc) is 3.32. The van der Waals surface area contributed by atoms with Crippen LogP contribution in [0.2, 0.25) is 0 Å². The Morgan fingerprint density at radius 1 is 0.500 bits per heavy atom. The van der Waals surface area contributed by atoms with Crippen molar-refractivity contribution in [1.29, 1.82) is 0 Å². The molecule has 0 bridgehead atoms. The second-order valence-corrected chi connectivity index (χ2v) is 17.9. The van der Waals surface area contributed by atoms with Crippen LogP contribution in [0.15, 0.2) is 85.1 Å². The number of aliphatic hydroxyl groups is 4. The van der Waals surface area contributed by atoms with E-state index in [0.717, 1.165) is 64.2 Å². The van der Waals surface area contributed by atoms with Gasteiger partial charge in [-0.1, -0.05) is 221 Å². The molecule has 0 spiro atoms. The number of rotatable bonds is 45. The van der Waals surface area contributed by atoms with Crippen molar-refractivity contribution >= 4 is 5.97 Å². The van der Waals surface area contributed by atoms with Crippen LogP contribution >= 0.6 is 0 Å². The maximum absolute atomic E-state index is 12.8. The smallest absolute Gasteiger partial charge is 0.306 e. The van der Waals surface area contributed by atoms with E-state index < -0.39 is 43.4 Å². The first-order valence-corrected chi connectivity index (χ1v) is 26.7. The zero-order chi connectivity index (χ0) is 47.8. The first kappa shape index (κ1) is 61.4. The van der Waals surface area contributed by atoms with E-state index in [0.29, 0.717) is 13.0 Å². The van der Waals surface area contributed by atoms with Gasteiger partial charge < -0.3 is 39.4 Å². The molecule has 380 valence electrons. The standard InChI is InChI=1S/C57H98O9/c1-3-5-7-9-11-13-15-17-19-21-23-25-26-27-28-30-32-34-36-38-40-42-44-46-53(59)65-51(50-64-57-56(62)55(61)54(60)52(48-58)66-57)49-63-47-45-43-41-39-37-35-33-31-29-24-22-20-18-16-14-12-10-8-6-4-2/h5,7,11,13,17,19,23,25,27-28,32,34,38,40,51-52,54-58,60-62H,3-4,6,8-10,12,14-16,18,20-22,24,26,29-31,33,35-37,39,41-50H2,1-2H3/b7-5-,13-11-,19-17-,25-23-,28-27-,34-32-,40-38-. The third-order valence-corrected chi connectivity index (χ3v) is 11.8. The molecule has 0 aliphatic carbocycles. The first-order valence-electron chi connectivity index (χ1n) is 26.7. The number of hydrogen-bond acceptors (Lipinski definition) is 9. The van der Waals surface area contributed by atoms with Gasteiger partial charge >= 0.3 is 5.97 Å². The Labute approximate surface area is 403 Å². The van der Waals surface area contributed by atoms with Gasteiger partial charge in [-0.3, -0.25) is 4.79 Å². The zero-order valence-corrected chi connectivity index (χ0v) is 41.9. The minimum Gasteiger partial charge on any atom is -0.457 e. The van der Waals surface area contributed by atoms with Gasteiger partial charge in [-0.05, 0) is 64.2 Å². The van der Waals surface area contributed by atoms with Crippen LogP contribution in [0.3, 0.4) is 0 Å². The summed E-state index contributed by atoms with van der Waals surface area (Å²) in [6, 6.07) is 0. The first-order chi connectivity index (χ1) is 32.4. The summed E-state index contributed by atoms with van der Waals surface area (Å²) in [5, 5.41) is 40.3. The Balaban J connectivity index is 2.25. The Morgan fingerprint density at radius 3 is 1.33 bits per heavy atom. The normalized spacial score (nSPS) is 20.0. The van der Waals surface area contributed by atoms with Gasteiger partial charge in [0.15, 0.2) is 6.29 Å². The van der Waals surface area contributed by atoms with E-state index in [-0.39, 0.29) is 25.6 Å². The quantitative estimate of drug-likeness (QED) is 0.0267. The van der Waals surface area contributed by atoms with Gasteiger partial charge in [0.2, 0.25) is 0 Å². The molecule has 6 unspecified atom stereocenters. The van der Waals surface area contributed by atoms with Gasteiger partial charge in [-0.25, -0.2) is 0 Å². The number of ether oxygens (including phenoxy) is 4. The molecule has 66 heavy (non-hydrogen) atoms. The summed E-state index contributed by atoms with van der Waals surface area (Å²) in [7, 11) is 0. The molecule has 9 heteroatoms. The number of unbranched alkanes of at least 4 members (excludes halogenated alkanes) is 20. The highest BCUT2D eigenvalue weighted by Gasteiger charge is 2.44. The average molecular weight is 927 g/mol. The molecule has 4 N–H and O–H groups in total. The van der Waals surface area contributed by atoms with Crippen molar-refractivity contribution in [2.45, 2.75) is 243 Å². The fraction of sp³-hybridized carbons (Fsp3) is 0.737. The molecule has 1 heterocycles. The number of hydrogen-bond donors (Lipinski definition) is 4. The Hall–Kier alpha value is -2.63. The molecule has 0 aromatic rings. The minimum absolute atomic E-state index is 0.119. The van der Waals surface area contributed by atoms with E-state index >= 15 is 0 Å². The molecule has 1 rings (SSSR count). The van der Waals surface area contributed by atoms with Crippen molar-refractivity contribution in [2.75, 3.05) is 26.4 Å². The number of aliphatic hydroxyl groups excluding tert-OH is 4. The summed E-state index contributed by atoms with van der Waals surface area (Å²) in [5.74, 6) is -0.370. The fourth-order valence-electron chi connectivity index (χ4n) is 7.72. The van der Waals surface area contributed by atoms with E-state index in [2.05, 4.69) is 98.9 Å². The van der Waals surface area contributed by atoms with Crippen LogP contribution in [0.5, 0.6) is 0 Å². The van der Waals surface area contributed by atoms with E-state index in [1.165, 1.54) is 116 Å².